The van der Waals surface area contributed by atoms with Gasteiger partial charge in [-0.1, -0.05) is 336 Å². The Morgan fingerprint density at radius 3 is 0.986 bits per heavy atom. The van der Waals surface area contributed by atoms with Crippen LogP contribution in [0.1, 0.15) is 147 Å². The molecule has 7 nitrogen and oxygen atoms in total. The zero-order chi connectivity index (χ0) is 92.5. The van der Waals surface area contributed by atoms with E-state index in [4.69, 9.17) is 13.9 Å². The molecule has 0 saturated heterocycles. The van der Waals surface area contributed by atoms with Gasteiger partial charge in [0.1, 0.15) is 34.2 Å². The molecule has 0 bridgehead atoms. The van der Waals surface area contributed by atoms with Crippen LogP contribution in [0.25, 0.3) is 77.6 Å². The molecule has 20 aromatic rings. The highest BCUT2D eigenvalue weighted by atomic mass is 16.5. The van der Waals surface area contributed by atoms with Gasteiger partial charge in [0, 0.05) is 89.1 Å². The van der Waals surface area contributed by atoms with Crippen molar-refractivity contribution < 1.29 is 13.9 Å². The fourth-order valence-corrected chi connectivity index (χ4v) is 25.6. The molecule has 138 heavy (non-hydrogen) atoms. The van der Waals surface area contributed by atoms with Crippen LogP contribution in [-0.4, -0.2) is 6.71 Å². The molecule has 0 saturated carbocycles. The van der Waals surface area contributed by atoms with Crippen molar-refractivity contribution in [2.75, 3.05) is 19.6 Å². The first kappa shape index (κ1) is 80.3. The van der Waals surface area contributed by atoms with E-state index in [1.165, 1.54) is 94.3 Å². The van der Waals surface area contributed by atoms with E-state index in [1.807, 2.05) is 0 Å². The third-order valence-corrected chi connectivity index (χ3v) is 32.1. The summed E-state index contributed by atoms with van der Waals surface area (Å²) < 4.78 is 21.5. The summed E-state index contributed by atoms with van der Waals surface area (Å²) in [6.07, 6.45) is 0. The van der Waals surface area contributed by atoms with Crippen molar-refractivity contribution in [3.8, 4) is 78.6 Å². The largest absolute Gasteiger partial charge is 0.457 e. The monoisotopic (exact) mass is 1770 g/mol. The number of furan rings is 1. The predicted octanol–water partition coefficient (Wildman–Crippen LogP) is 32.4. The number of fused-ring (bicyclic) bond motifs is 29. The van der Waals surface area contributed by atoms with Gasteiger partial charge in [0.2, 0.25) is 0 Å². The van der Waals surface area contributed by atoms with Gasteiger partial charge in [-0.3, -0.25) is 0 Å². The molecule has 0 radical (unpaired) electrons. The summed E-state index contributed by atoms with van der Waals surface area (Å²) in [6.45, 7) is 23.3. The van der Waals surface area contributed by atoms with Crippen LogP contribution >= 0.6 is 0 Å². The van der Waals surface area contributed by atoms with E-state index >= 15 is 0 Å². The number of hydrogen-bond donors (Lipinski definition) is 0. The van der Waals surface area contributed by atoms with E-state index in [0.717, 1.165) is 169 Å². The zero-order valence-electron chi connectivity index (χ0n) is 78.8. The van der Waals surface area contributed by atoms with Crippen molar-refractivity contribution in [3.63, 3.8) is 0 Å². The average Bonchev–Trinajstić information content (AvgIpc) is 1.44. The highest BCUT2D eigenvalue weighted by Crippen LogP contribution is 2.67. The second-order valence-electron chi connectivity index (χ2n) is 42.1. The Morgan fingerprint density at radius 2 is 0.572 bits per heavy atom. The Hall–Kier alpha value is -16.2. The van der Waals surface area contributed by atoms with E-state index in [-0.39, 0.29) is 28.4 Å². The van der Waals surface area contributed by atoms with Crippen LogP contribution in [0.5, 0.6) is 23.0 Å². The van der Waals surface area contributed by atoms with Crippen LogP contribution in [0.15, 0.2) is 411 Å². The molecular formula is C130H97BN4O3. The fourth-order valence-electron chi connectivity index (χ4n) is 25.6. The molecule has 28 rings (SSSR count). The lowest BCUT2D eigenvalue weighted by atomic mass is 9.33. The Balaban J connectivity index is 0.767. The van der Waals surface area contributed by atoms with Crippen molar-refractivity contribution in [1.82, 2.24) is 0 Å². The maximum absolute atomic E-state index is 7.35. The number of nitrogens with zero attached hydrogens (tertiary/aromatic N) is 4. The average molecular weight is 1770 g/mol. The molecule has 2 spiro atoms. The lowest BCUT2D eigenvalue weighted by molar-refractivity contribution is 0.436. The molecular weight excluding hydrogens is 1680 g/mol. The molecule has 658 valence electrons. The van der Waals surface area contributed by atoms with Crippen LogP contribution in [0.2, 0.25) is 0 Å². The standard InChI is InChI=1S/C130H97BN4O3/c1-125(2,3)82-58-64-108(91(74-82)79-56-67-122-104(70-79)129(102-46-24-31-53-120(102)137-122)94-38-16-11-33-86(94)87-34-12-17-39-95(87)129)134-114-76-84(132-110-48-26-20-42-98(110)127(7,8)99-43-21-27-49-111(99)132)60-62-106(114)131-107-63-61-85(133-112-50-28-22-44-100(112)128(9,10)101-45-23-29-51-113(101)133)77-115(107)135(117-73-81(72-116(134)124(117)131)78-55-66-119-93(69-78)90-37-15-30-52-118(90)136-119)109-65-59-83(126(4,5)6)75-92(109)80-57-68-123-105(71-80)130(103-47-25-32-54-121(103)138-123)96-40-18-13-35-88(96)89-36-14-19-41-97(89)130/h11-77H,1-10H3. The highest BCUT2D eigenvalue weighted by Gasteiger charge is 2.55. The zero-order valence-corrected chi connectivity index (χ0v) is 78.8. The van der Waals surface area contributed by atoms with E-state index in [9.17, 15) is 0 Å². The summed E-state index contributed by atoms with van der Waals surface area (Å²) >= 11 is 0. The van der Waals surface area contributed by atoms with Gasteiger partial charge in [0.05, 0.1) is 45.0 Å². The Kier molecular flexibility index (Phi) is 16.7. The molecule has 0 atom stereocenters. The SMILES string of the molecule is CC(C)(C)c1ccc(N2c3cc(N4c5ccccc5C(C)(C)c5ccccc54)ccc3B3c4ccc(N5c6ccccc6C(C)(C)c6ccccc65)cc4N(c4ccc(C(C)(C)C)cc4-c4ccc5c(c4)C4(c6ccccc6O5)c5ccccc5-c5ccccc54)c4cc(-c5ccc6oc7ccccc7c6c5)cc2c43)c(-c2ccc3c(c2)C2(c4ccccc4O3)c3ccccc3-c3ccccc32)c1. The van der Waals surface area contributed by atoms with E-state index < -0.39 is 10.8 Å². The first-order valence-corrected chi connectivity index (χ1v) is 48.7. The quantitative estimate of drug-likeness (QED) is 0.147. The molecule has 0 amide bonds. The van der Waals surface area contributed by atoms with Gasteiger partial charge < -0.3 is 33.5 Å². The maximum atomic E-state index is 7.35. The molecule has 0 N–H and O–H groups in total. The van der Waals surface area contributed by atoms with Gasteiger partial charge in [-0.25, -0.2) is 0 Å². The van der Waals surface area contributed by atoms with E-state index in [1.54, 1.807) is 0 Å². The number of hydrogen-bond acceptors (Lipinski definition) is 7. The second kappa shape index (κ2) is 28.7. The van der Waals surface area contributed by atoms with Gasteiger partial charge >= 0.3 is 0 Å². The van der Waals surface area contributed by atoms with Crippen molar-refractivity contribution in [3.05, 3.63) is 484 Å². The molecule has 8 aliphatic rings. The topological polar surface area (TPSA) is 44.6 Å². The van der Waals surface area contributed by atoms with Crippen molar-refractivity contribution >= 4 is 113 Å². The Labute approximate surface area is 805 Å². The molecule has 8 heteroatoms. The summed E-state index contributed by atoms with van der Waals surface area (Å²) in [6, 6.07) is 155. The second-order valence-corrected chi connectivity index (χ2v) is 42.1. The summed E-state index contributed by atoms with van der Waals surface area (Å²) in [4.78, 5) is 10.5. The lowest BCUT2D eigenvalue weighted by Gasteiger charge is -2.47. The molecule has 0 unspecified atom stereocenters. The molecule has 19 aromatic carbocycles. The van der Waals surface area contributed by atoms with Crippen molar-refractivity contribution in [2.45, 2.75) is 102 Å². The minimum absolute atomic E-state index is 0.288. The first-order valence-electron chi connectivity index (χ1n) is 48.7. The minimum atomic E-state index is -0.746. The van der Waals surface area contributed by atoms with Gasteiger partial charge in [0.25, 0.3) is 6.71 Å². The van der Waals surface area contributed by atoms with Crippen LogP contribution in [0.4, 0.5) is 68.2 Å². The first-order chi connectivity index (χ1) is 67.2. The van der Waals surface area contributed by atoms with E-state index in [2.05, 4.69) is 495 Å². The molecule has 0 fully saturated rings. The Bertz CT molecular complexity index is 8080. The molecule has 2 aliphatic carbocycles. The van der Waals surface area contributed by atoms with Gasteiger partial charge in [-0.05, 0) is 267 Å². The van der Waals surface area contributed by atoms with Crippen molar-refractivity contribution in [1.29, 1.82) is 0 Å². The normalized spacial score (nSPS) is 15.3. The van der Waals surface area contributed by atoms with Gasteiger partial charge in [-0.15, -0.1) is 0 Å². The number of para-hydroxylation sites is 7. The fraction of sp³-hybridized carbons (Fsp3) is 0.123. The van der Waals surface area contributed by atoms with Gasteiger partial charge in [-0.2, -0.15) is 0 Å². The Morgan fingerprint density at radius 1 is 0.225 bits per heavy atom. The number of rotatable bonds is 7. The summed E-state index contributed by atoms with van der Waals surface area (Å²) in [5.74, 6) is 3.38. The van der Waals surface area contributed by atoms with Crippen LogP contribution < -0.4 is 45.5 Å². The molecule has 6 aliphatic heterocycles. The lowest BCUT2D eigenvalue weighted by Crippen LogP contribution is -2.61. The number of benzene rings is 19. The molecule has 1 aromatic heterocycles. The van der Waals surface area contributed by atoms with Crippen LogP contribution in [0, 0.1) is 0 Å². The van der Waals surface area contributed by atoms with Gasteiger partial charge in [0.15, 0.2) is 0 Å². The van der Waals surface area contributed by atoms with E-state index in [0.29, 0.717) is 0 Å². The number of anilines is 12. The summed E-state index contributed by atoms with van der Waals surface area (Å²) in [5.41, 5.74) is 43.8. The minimum Gasteiger partial charge on any atom is -0.457 e. The summed E-state index contributed by atoms with van der Waals surface area (Å²) in [5, 5.41) is 2.12. The van der Waals surface area contributed by atoms with Crippen LogP contribution in [0.3, 0.4) is 0 Å². The molecule has 7 heterocycles. The third-order valence-electron chi connectivity index (χ3n) is 32.1. The van der Waals surface area contributed by atoms with Crippen molar-refractivity contribution in [2.24, 2.45) is 0 Å². The number of ether oxygens (including phenoxy) is 2. The maximum Gasteiger partial charge on any atom is 0.252 e. The van der Waals surface area contributed by atoms with Crippen LogP contribution in [-0.2, 0) is 32.5 Å². The smallest absolute Gasteiger partial charge is 0.252 e. The highest BCUT2D eigenvalue weighted by molar-refractivity contribution is 7.00. The predicted molar refractivity (Wildman–Crippen MR) is 570 cm³/mol. The third kappa shape index (κ3) is 11.0. The summed E-state index contributed by atoms with van der Waals surface area (Å²) in [7, 11) is 0.